The van der Waals surface area contributed by atoms with Gasteiger partial charge in [-0.1, -0.05) is 24.3 Å². The van der Waals surface area contributed by atoms with Crippen molar-refractivity contribution in [3.63, 3.8) is 0 Å². The van der Waals surface area contributed by atoms with Crippen molar-refractivity contribution >= 4 is 17.4 Å². The van der Waals surface area contributed by atoms with Crippen LogP contribution in [-0.2, 0) is 0 Å². The summed E-state index contributed by atoms with van der Waals surface area (Å²) in [7, 11) is 1.65. The van der Waals surface area contributed by atoms with Crippen molar-refractivity contribution in [2.75, 3.05) is 33.3 Å². The second kappa shape index (κ2) is 8.38. The average Bonchev–Trinajstić information content (AvgIpc) is 3.00. The molecule has 1 fully saturated rings. The minimum absolute atomic E-state index is 0.0688. The summed E-state index contributed by atoms with van der Waals surface area (Å²) in [6.07, 6.45) is 0. The van der Waals surface area contributed by atoms with Gasteiger partial charge in [0.15, 0.2) is 5.75 Å². The van der Waals surface area contributed by atoms with Gasteiger partial charge in [-0.3, -0.25) is 4.79 Å². The summed E-state index contributed by atoms with van der Waals surface area (Å²) in [5.41, 5.74) is 3.52. The minimum Gasteiger partial charge on any atom is -0.497 e. The third kappa shape index (κ3) is 3.80. The largest absolute Gasteiger partial charge is 0.497 e. The smallest absolute Gasteiger partial charge is 0.253 e. The van der Waals surface area contributed by atoms with E-state index in [1.165, 1.54) is 0 Å². The molecule has 2 heterocycles. The highest BCUT2D eigenvalue weighted by Crippen LogP contribution is 2.40. The molecular formula is C26H25N3O3. The fourth-order valence-electron chi connectivity index (χ4n) is 4.11. The van der Waals surface area contributed by atoms with Gasteiger partial charge in [-0.25, -0.2) is 4.99 Å². The summed E-state index contributed by atoms with van der Waals surface area (Å²) < 4.78 is 11.7. The van der Waals surface area contributed by atoms with Crippen molar-refractivity contribution in [1.82, 2.24) is 9.80 Å². The van der Waals surface area contributed by atoms with E-state index in [9.17, 15) is 4.79 Å². The number of methoxy groups -OCH3 is 1. The first-order valence-electron chi connectivity index (χ1n) is 10.8. The number of nitrogens with zero attached hydrogens (tertiary/aromatic N) is 3. The summed E-state index contributed by atoms with van der Waals surface area (Å²) in [5, 5.41) is 0. The predicted octanol–water partition coefficient (Wildman–Crippen LogP) is 4.65. The first-order chi connectivity index (χ1) is 15.6. The summed E-state index contributed by atoms with van der Waals surface area (Å²) in [4.78, 5) is 22.0. The Kier molecular flexibility index (Phi) is 5.27. The van der Waals surface area contributed by atoms with Gasteiger partial charge in [0, 0.05) is 31.7 Å². The molecule has 6 heteroatoms. The van der Waals surface area contributed by atoms with E-state index in [1.54, 1.807) is 7.11 Å². The maximum absolute atomic E-state index is 12.9. The Morgan fingerprint density at radius 2 is 1.72 bits per heavy atom. The highest BCUT2D eigenvalue weighted by molar-refractivity contribution is 6.04. The molecule has 3 aromatic rings. The lowest BCUT2D eigenvalue weighted by Crippen LogP contribution is -2.50. The summed E-state index contributed by atoms with van der Waals surface area (Å²) in [6.45, 7) is 4.68. The number of benzene rings is 3. The lowest BCUT2D eigenvalue weighted by Gasteiger charge is -2.36. The summed E-state index contributed by atoms with van der Waals surface area (Å²) in [5.74, 6) is 3.15. The quantitative estimate of drug-likeness (QED) is 0.598. The van der Waals surface area contributed by atoms with E-state index < -0.39 is 0 Å². The van der Waals surface area contributed by atoms with Gasteiger partial charge in [0.2, 0.25) is 0 Å². The van der Waals surface area contributed by atoms with Gasteiger partial charge in [0.25, 0.3) is 5.91 Å². The van der Waals surface area contributed by atoms with Crippen LogP contribution in [0.1, 0.15) is 21.5 Å². The van der Waals surface area contributed by atoms with Crippen LogP contribution in [0.4, 0.5) is 5.69 Å². The van der Waals surface area contributed by atoms with Crippen LogP contribution in [0.2, 0.25) is 0 Å². The molecular weight excluding hydrogens is 402 g/mol. The second-order valence-electron chi connectivity index (χ2n) is 8.02. The topological polar surface area (TPSA) is 54.4 Å². The Bertz CT molecular complexity index is 1180. The van der Waals surface area contributed by atoms with E-state index in [0.717, 1.165) is 45.5 Å². The molecule has 0 aromatic heterocycles. The molecule has 5 rings (SSSR count). The van der Waals surface area contributed by atoms with Crippen molar-refractivity contribution in [2.45, 2.75) is 6.92 Å². The molecule has 0 saturated carbocycles. The molecule has 2 aliphatic rings. The zero-order valence-corrected chi connectivity index (χ0v) is 18.2. The maximum Gasteiger partial charge on any atom is 0.253 e. The van der Waals surface area contributed by atoms with E-state index in [1.807, 2.05) is 78.6 Å². The van der Waals surface area contributed by atoms with E-state index in [4.69, 9.17) is 14.5 Å². The number of amidine groups is 1. The van der Waals surface area contributed by atoms with Crippen LogP contribution in [-0.4, -0.2) is 54.8 Å². The zero-order chi connectivity index (χ0) is 22.1. The molecule has 0 aliphatic carbocycles. The van der Waals surface area contributed by atoms with Crippen LogP contribution >= 0.6 is 0 Å². The van der Waals surface area contributed by atoms with E-state index >= 15 is 0 Å². The number of fused-ring (bicyclic) bond motifs is 2. The standard InChI is InChI=1S/C26H25N3O3/c1-18-8-10-22-24(16-18)32-23-11-9-20(31-2)17-21(23)25(27-22)28-12-14-29(15-13-28)26(30)19-6-4-3-5-7-19/h3-11,16-17H,12-15H2,1-2H3. The molecule has 0 N–H and O–H groups in total. The molecule has 2 aliphatic heterocycles. The number of hydrogen-bond acceptors (Lipinski definition) is 5. The lowest BCUT2D eigenvalue weighted by molar-refractivity contribution is 0.0692. The number of ether oxygens (including phenoxy) is 2. The Labute approximate surface area is 187 Å². The Morgan fingerprint density at radius 1 is 0.938 bits per heavy atom. The number of aryl methyl sites for hydroxylation is 1. The highest BCUT2D eigenvalue weighted by Gasteiger charge is 2.28. The fraction of sp³-hybridized carbons (Fsp3) is 0.231. The minimum atomic E-state index is 0.0688. The van der Waals surface area contributed by atoms with Crippen LogP contribution in [0.5, 0.6) is 17.2 Å². The monoisotopic (exact) mass is 427 g/mol. The molecule has 162 valence electrons. The Morgan fingerprint density at radius 3 is 2.47 bits per heavy atom. The number of carbonyl (C=O) groups is 1. The van der Waals surface area contributed by atoms with E-state index in [2.05, 4.69) is 4.90 Å². The molecule has 1 saturated heterocycles. The van der Waals surface area contributed by atoms with Crippen LogP contribution in [0.15, 0.2) is 71.7 Å². The van der Waals surface area contributed by atoms with Crippen LogP contribution in [0.3, 0.4) is 0 Å². The number of aliphatic imine (C=N–C) groups is 1. The van der Waals surface area contributed by atoms with Gasteiger partial charge >= 0.3 is 0 Å². The molecule has 3 aromatic carbocycles. The maximum atomic E-state index is 12.9. The number of hydrogen-bond donors (Lipinski definition) is 0. The van der Waals surface area contributed by atoms with Gasteiger partial charge in [-0.2, -0.15) is 0 Å². The van der Waals surface area contributed by atoms with Crippen molar-refractivity contribution in [3.8, 4) is 17.2 Å². The summed E-state index contributed by atoms with van der Waals surface area (Å²) >= 11 is 0. The average molecular weight is 428 g/mol. The molecule has 0 bridgehead atoms. The highest BCUT2D eigenvalue weighted by atomic mass is 16.5. The molecule has 6 nitrogen and oxygen atoms in total. The van der Waals surface area contributed by atoms with Crippen LogP contribution in [0.25, 0.3) is 0 Å². The van der Waals surface area contributed by atoms with Gasteiger partial charge in [-0.05, 0) is 55.0 Å². The van der Waals surface area contributed by atoms with E-state index in [-0.39, 0.29) is 5.91 Å². The summed E-state index contributed by atoms with van der Waals surface area (Å²) in [6, 6.07) is 21.3. The zero-order valence-electron chi connectivity index (χ0n) is 18.2. The molecule has 0 spiro atoms. The third-order valence-electron chi connectivity index (χ3n) is 5.88. The van der Waals surface area contributed by atoms with Crippen molar-refractivity contribution in [2.24, 2.45) is 4.99 Å². The van der Waals surface area contributed by atoms with Crippen molar-refractivity contribution < 1.29 is 14.3 Å². The number of amides is 1. The van der Waals surface area contributed by atoms with Crippen molar-refractivity contribution in [3.05, 3.63) is 83.4 Å². The molecule has 0 radical (unpaired) electrons. The first-order valence-corrected chi connectivity index (χ1v) is 10.8. The molecule has 0 unspecified atom stereocenters. The third-order valence-corrected chi connectivity index (χ3v) is 5.88. The first kappa shape index (κ1) is 20.1. The Hall–Kier alpha value is -3.80. The van der Waals surface area contributed by atoms with E-state index in [0.29, 0.717) is 26.2 Å². The number of piperazine rings is 1. The normalized spacial score (nSPS) is 15.1. The second-order valence-corrected chi connectivity index (χ2v) is 8.02. The van der Waals surface area contributed by atoms with Crippen molar-refractivity contribution in [1.29, 1.82) is 0 Å². The van der Waals surface area contributed by atoms with Gasteiger partial charge in [-0.15, -0.1) is 0 Å². The van der Waals surface area contributed by atoms with Crippen LogP contribution in [0, 0.1) is 6.92 Å². The predicted molar refractivity (Wildman–Crippen MR) is 124 cm³/mol. The van der Waals surface area contributed by atoms with Gasteiger partial charge < -0.3 is 19.3 Å². The SMILES string of the molecule is COc1ccc2c(c1)C(N1CCN(C(=O)c3ccccc3)CC1)=Nc1ccc(C)cc1O2. The van der Waals surface area contributed by atoms with Gasteiger partial charge in [0.1, 0.15) is 23.0 Å². The molecule has 1 amide bonds. The number of carbonyl (C=O) groups excluding carboxylic acids is 1. The van der Waals surface area contributed by atoms with Gasteiger partial charge in [0.05, 0.1) is 12.7 Å². The Balaban J connectivity index is 1.45. The molecule has 32 heavy (non-hydrogen) atoms. The molecule has 0 atom stereocenters. The fourth-order valence-corrected chi connectivity index (χ4v) is 4.11. The lowest BCUT2D eigenvalue weighted by atomic mass is 10.1. The number of rotatable bonds is 2. The van der Waals surface area contributed by atoms with Crippen LogP contribution < -0.4 is 9.47 Å².